The highest BCUT2D eigenvalue weighted by atomic mass is 32.2. The van der Waals surface area contributed by atoms with Crippen molar-refractivity contribution >= 4 is 17.7 Å². The zero-order valence-electron chi connectivity index (χ0n) is 13.2. The maximum atomic E-state index is 12.6. The summed E-state index contributed by atoms with van der Waals surface area (Å²) >= 11 is 1.58. The Morgan fingerprint density at radius 1 is 1.41 bits per heavy atom. The number of hydrogen-bond donors (Lipinski definition) is 1. The minimum Gasteiger partial charge on any atom is -0.353 e. The average Bonchev–Trinajstić information content (AvgIpc) is 3.09. The number of aromatic nitrogens is 2. The lowest BCUT2D eigenvalue weighted by atomic mass is 10.1. The van der Waals surface area contributed by atoms with Gasteiger partial charge >= 0.3 is 0 Å². The highest BCUT2D eigenvalue weighted by molar-refractivity contribution is 7.99. The van der Waals surface area contributed by atoms with Crippen molar-refractivity contribution in [3.8, 4) is 0 Å². The van der Waals surface area contributed by atoms with Gasteiger partial charge < -0.3 is 5.32 Å². The van der Waals surface area contributed by atoms with E-state index in [9.17, 15) is 9.59 Å². The van der Waals surface area contributed by atoms with Crippen molar-refractivity contribution < 1.29 is 4.79 Å². The minimum atomic E-state index is -0.0627. The summed E-state index contributed by atoms with van der Waals surface area (Å²) in [6.07, 6.45) is 5.64. The summed E-state index contributed by atoms with van der Waals surface area (Å²) in [7, 11) is 0. The van der Waals surface area contributed by atoms with Crippen LogP contribution in [0.1, 0.15) is 56.3 Å². The lowest BCUT2D eigenvalue weighted by molar-refractivity contribution is -0.122. The minimum absolute atomic E-state index is 0.0358. The quantitative estimate of drug-likeness (QED) is 0.864. The number of carbonyl (C=O) groups is 1. The lowest BCUT2D eigenvalue weighted by Crippen LogP contribution is -2.36. The number of carbonyl (C=O) groups excluding carboxylic acids is 1. The first-order valence-electron chi connectivity index (χ1n) is 8.14. The summed E-state index contributed by atoms with van der Waals surface area (Å²) in [6, 6.07) is 0.271. The van der Waals surface area contributed by atoms with Gasteiger partial charge in [0, 0.05) is 29.5 Å². The van der Waals surface area contributed by atoms with Crippen LogP contribution in [0.3, 0.4) is 0 Å². The fraction of sp³-hybridized carbons (Fsp3) is 0.688. The van der Waals surface area contributed by atoms with Crippen molar-refractivity contribution in [3.63, 3.8) is 0 Å². The molecule has 1 saturated carbocycles. The maximum Gasteiger partial charge on any atom is 0.257 e. The van der Waals surface area contributed by atoms with E-state index in [2.05, 4.69) is 10.3 Å². The van der Waals surface area contributed by atoms with E-state index in [1.807, 2.05) is 13.8 Å². The first kappa shape index (κ1) is 15.6. The van der Waals surface area contributed by atoms with Gasteiger partial charge in [-0.3, -0.25) is 14.2 Å². The molecule has 0 bridgehead atoms. The van der Waals surface area contributed by atoms with E-state index >= 15 is 0 Å². The molecule has 3 rings (SSSR count). The van der Waals surface area contributed by atoms with Crippen LogP contribution in [0, 0.1) is 6.92 Å². The predicted molar refractivity (Wildman–Crippen MR) is 87.4 cm³/mol. The van der Waals surface area contributed by atoms with Crippen LogP contribution in [0.25, 0.3) is 0 Å². The third-order valence-electron chi connectivity index (χ3n) is 4.65. The van der Waals surface area contributed by atoms with E-state index in [-0.39, 0.29) is 17.5 Å². The summed E-state index contributed by atoms with van der Waals surface area (Å²) in [6.45, 7) is 3.87. The Labute approximate surface area is 134 Å². The Bertz CT molecular complexity index is 635. The van der Waals surface area contributed by atoms with E-state index in [4.69, 9.17) is 0 Å². The molecule has 1 N–H and O–H groups in total. The number of nitrogens with one attached hydrogen (secondary N) is 1. The summed E-state index contributed by atoms with van der Waals surface area (Å²) in [5, 5.41) is 3.87. The molecule has 1 amide bonds. The zero-order chi connectivity index (χ0) is 15.7. The van der Waals surface area contributed by atoms with Gasteiger partial charge in [0.05, 0.1) is 6.04 Å². The molecule has 1 aromatic rings. The number of aryl methyl sites for hydroxylation is 1. The Morgan fingerprint density at radius 2 is 2.14 bits per heavy atom. The molecule has 120 valence electrons. The molecule has 0 saturated heterocycles. The Hall–Kier alpha value is -1.30. The molecule has 0 aromatic carbocycles. The van der Waals surface area contributed by atoms with Crippen LogP contribution >= 0.6 is 11.8 Å². The molecule has 1 atom stereocenters. The molecule has 1 aromatic heterocycles. The molecule has 1 fully saturated rings. The van der Waals surface area contributed by atoms with Crippen molar-refractivity contribution in [1.82, 2.24) is 14.9 Å². The Morgan fingerprint density at radius 3 is 2.82 bits per heavy atom. The molecule has 1 unspecified atom stereocenters. The first-order chi connectivity index (χ1) is 10.6. The third kappa shape index (κ3) is 2.93. The molecule has 1 aliphatic heterocycles. The van der Waals surface area contributed by atoms with Gasteiger partial charge in [-0.15, -0.1) is 0 Å². The van der Waals surface area contributed by atoms with Crippen molar-refractivity contribution in [1.29, 1.82) is 0 Å². The molecule has 2 heterocycles. The van der Waals surface area contributed by atoms with Crippen LogP contribution in [0.4, 0.5) is 0 Å². The SMILES string of the molecule is CCc1c(C)nc2n(c1=O)C(CC(=O)NC1CCCC1)CS2. The monoisotopic (exact) mass is 321 g/mol. The number of fused-ring (bicyclic) bond motifs is 1. The van der Waals surface area contributed by atoms with E-state index in [1.54, 1.807) is 16.3 Å². The van der Waals surface area contributed by atoms with Crippen LogP contribution in [0.2, 0.25) is 0 Å². The third-order valence-corrected chi connectivity index (χ3v) is 5.75. The summed E-state index contributed by atoms with van der Waals surface area (Å²) in [5.74, 6) is 0.823. The van der Waals surface area contributed by atoms with Gasteiger partial charge in [0.15, 0.2) is 5.16 Å². The number of rotatable bonds is 4. The van der Waals surface area contributed by atoms with Gasteiger partial charge in [0.2, 0.25) is 5.91 Å². The van der Waals surface area contributed by atoms with Gasteiger partial charge in [0.25, 0.3) is 5.56 Å². The van der Waals surface area contributed by atoms with Crippen LogP contribution in [0.5, 0.6) is 0 Å². The van der Waals surface area contributed by atoms with Gasteiger partial charge in [-0.25, -0.2) is 4.98 Å². The van der Waals surface area contributed by atoms with Crippen LogP contribution in [-0.4, -0.2) is 27.3 Å². The average molecular weight is 321 g/mol. The smallest absolute Gasteiger partial charge is 0.257 e. The predicted octanol–water partition coefficient (Wildman–Crippen LogP) is 2.21. The topological polar surface area (TPSA) is 64.0 Å². The fourth-order valence-electron chi connectivity index (χ4n) is 3.45. The Kier molecular flexibility index (Phi) is 4.57. The van der Waals surface area contributed by atoms with Crippen LogP contribution in [-0.2, 0) is 11.2 Å². The second kappa shape index (κ2) is 6.44. The van der Waals surface area contributed by atoms with Crippen LogP contribution < -0.4 is 10.9 Å². The second-order valence-electron chi connectivity index (χ2n) is 6.20. The van der Waals surface area contributed by atoms with Crippen molar-refractivity contribution in [2.24, 2.45) is 0 Å². The van der Waals surface area contributed by atoms with E-state index in [0.29, 0.717) is 18.9 Å². The number of nitrogens with zero attached hydrogens (tertiary/aromatic N) is 2. The van der Waals surface area contributed by atoms with Crippen molar-refractivity contribution in [2.45, 2.75) is 69.6 Å². The summed E-state index contributed by atoms with van der Waals surface area (Å²) in [5.41, 5.74) is 1.63. The highest BCUT2D eigenvalue weighted by Gasteiger charge is 2.29. The molecule has 0 radical (unpaired) electrons. The van der Waals surface area contributed by atoms with Crippen LogP contribution in [0.15, 0.2) is 9.95 Å². The standard InChI is InChI=1S/C16H23N3O2S/c1-3-13-10(2)17-16-19(15(13)21)12(9-22-16)8-14(20)18-11-6-4-5-7-11/h11-12H,3-9H2,1-2H3,(H,18,20). The summed E-state index contributed by atoms with van der Waals surface area (Å²) < 4.78 is 1.74. The molecule has 22 heavy (non-hydrogen) atoms. The van der Waals surface area contributed by atoms with Gasteiger partial charge in [-0.1, -0.05) is 31.5 Å². The second-order valence-corrected chi connectivity index (χ2v) is 7.19. The normalized spacial score (nSPS) is 21.1. The van der Waals surface area contributed by atoms with Gasteiger partial charge in [-0.05, 0) is 26.2 Å². The molecule has 2 aliphatic rings. The molecule has 6 heteroatoms. The maximum absolute atomic E-state index is 12.6. The lowest BCUT2D eigenvalue weighted by Gasteiger charge is -2.17. The highest BCUT2D eigenvalue weighted by Crippen LogP contribution is 2.32. The zero-order valence-corrected chi connectivity index (χ0v) is 14.0. The van der Waals surface area contributed by atoms with E-state index < -0.39 is 0 Å². The number of thioether (sulfide) groups is 1. The molecule has 0 spiro atoms. The summed E-state index contributed by atoms with van der Waals surface area (Å²) in [4.78, 5) is 29.4. The van der Waals surface area contributed by atoms with Gasteiger partial charge in [0.1, 0.15) is 0 Å². The van der Waals surface area contributed by atoms with Crippen molar-refractivity contribution in [2.75, 3.05) is 5.75 Å². The molecule has 5 nitrogen and oxygen atoms in total. The number of amides is 1. The number of hydrogen-bond acceptors (Lipinski definition) is 4. The van der Waals surface area contributed by atoms with E-state index in [1.165, 1.54) is 12.8 Å². The fourth-order valence-corrected chi connectivity index (χ4v) is 4.63. The molecular formula is C16H23N3O2S. The van der Waals surface area contributed by atoms with E-state index in [0.717, 1.165) is 35.0 Å². The molecule has 1 aliphatic carbocycles. The Balaban J connectivity index is 1.76. The first-order valence-corrected chi connectivity index (χ1v) is 9.13. The molecular weight excluding hydrogens is 298 g/mol. The largest absolute Gasteiger partial charge is 0.353 e. The van der Waals surface area contributed by atoms with Gasteiger partial charge in [-0.2, -0.15) is 0 Å². The van der Waals surface area contributed by atoms with Crippen molar-refractivity contribution in [3.05, 3.63) is 21.6 Å².